The van der Waals surface area contributed by atoms with E-state index in [0.29, 0.717) is 18.3 Å². The van der Waals surface area contributed by atoms with Crippen LogP contribution in [0, 0.1) is 0 Å². The van der Waals surface area contributed by atoms with Gasteiger partial charge in [0.05, 0.1) is 0 Å². The van der Waals surface area contributed by atoms with Crippen LogP contribution in [0.3, 0.4) is 0 Å². The monoisotopic (exact) mass is 336 g/mol. The quantitative estimate of drug-likeness (QED) is 0.672. The van der Waals surface area contributed by atoms with Crippen molar-refractivity contribution >= 4 is 11.6 Å². The molecule has 1 aromatic rings. The van der Waals surface area contributed by atoms with E-state index in [0.717, 1.165) is 31.5 Å². The highest BCUT2D eigenvalue weighted by molar-refractivity contribution is 5.88. The Balaban J connectivity index is 1.77. The van der Waals surface area contributed by atoms with E-state index in [1.54, 1.807) is 24.3 Å². The van der Waals surface area contributed by atoms with Crippen molar-refractivity contribution in [3.8, 4) is 5.75 Å². The molecular formula is C18H28N2O4. The molecule has 6 nitrogen and oxygen atoms in total. The summed E-state index contributed by atoms with van der Waals surface area (Å²) < 4.78 is 5.63. The smallest absolute Gasteiger partial charge is 0.221 e. The minimum Gasteiger partial charge on any atom is -0.491 e. The van der Waals surface area contributed by atoms with E-state index in [9.17, 15) is 9.90 Å². The van der Waals surface area contributed by atoms with Gasteiger partial charge in [0.15, 0.2) is 0 Å². The highest BCUT2D eigenvalue weighted by atomic mass is 16.5. The van der Waals surface area contributed by atoms with E-state index < -0.39 is 6.10 Å². The van der Waals surface area contributed by atoms with Crippen molar-refractivity contribution in [2.75, 3.05) is 31.6 Å². The van der Waals surface area contributed by atoms with Crippen molar-refractivity contribution in [3.05, 3.63) is 24.3 Å². The minimum absolute atomic E-state index is 0.113. The molecule has 1 aliphatic heterocycles. The number of β-amino-alcohol motifs (C(OH)–C–C–N with tert-alkyl or cyclic N) is 1. The lowest BCUT2D eigenvalue weighted by atomic mass is 9.99. The number of amides is 1. The van der Waals surface area contributed by atoms with Crippen molar-refractivity contribution in [2.45, 2.75) is 44.8 Å². The zero-order valence-electron chi connectivity index (χ0n) is 14.3. The molecule has 24 heavy (non-hydrogen) atoms. The van der Waals surface area contributed by atoms with Gasteiger partial charge in [0.1, 0.15) is 18.5 Å². The SMILES string of the molecule is CC(=O)Nc1ccc(OCC(O)CN2CCCCC2CCO)cc1. The van der Waals surface area contributed by atoms with Crippen LogP contribution in [0.2, 0.25) is 0 Å². The molecule has 1 saturated heterocycles. The van der Waals surface area contributed by atoms with E-state index in [2.05, 4.69) is 10.2 Å². The molecule has 2 atom stereocenters. The first-order chi connectivity index (χ1) is 11.6. The number of nitrogens with zero attached hydrogens (tertiary/aromatic N) is 1. The van der Waals surface area contributed by atoms with E-state index >= 15 is 0 Å². The molecule has 0 saturated carbocycles. The number of anilines is 1. The molecule has 0 spiro atoms. The first-order valence-corrected chi connectivity index (χ1v) is 8.62. The van der Waals surface area contributed by atoms with Gasteiger partial charge in [-0.2, -0.15) is 0 Å². The van der Waals surface area contributed by atoms with Crippen LogP contribution in [0.4, 0.5) is 5.69 Å². The number of aliphatic hydroxyl groups is 2. The zero-order valence-corrected chi connectivity index (χ0v) is 14.3. The molecule has 3 N–H and O–H groups in total. The van der Waals surface area contributed by atoms with Crippen LogP contribution in [0.15, 0.2) is 24.3 Å². The number of nitrogens with one attached hydrogen (secondary N) is 1. The molecule has 1 aliphatic rings. The van der Waals surface area contributed by atoms with Crippen LogP contribution in [-0.2, 0) is 4.79 Å². The van der Waals surface area contributed by atoms with Crippen molar-refractivity contribution in [1.82, 2.24) is 4.90 Å². The van der Waals surface area contributed by atoms with Gasteiger partial charge in [0.25, 0.3) is 0 Å². The number of rotatable bonds is 8. The van der Waals surface area contributed by atoms with E-state index in [-0.39, 0.29) is 19.1 Å². The predicted octanol–water partition coefficient (Wildman–Crippen LogP) is 1.62. The summed E-state index contributed by atoms with van der Waals surface area (Å²) in [5, 5.41) is 22.1. The summed E-state index contributed by atoms with van der Waals surface area (Å²) in [4.78, 5) is 13.2. The molecule has 1 aromatic carbocycles. The summed E-state index contributed by atoms with van der Waals surface area (Å²) in [6.45, 7) is 3.41. The second kappa shape index (κ2) is 9.61. The largest absolute Gasteiger partial charge is 0.491 e. The molecule has 2 rings (SSSR count). The molecule has 0 radical (unpaired) electrons. The Bertz CT molecular complexity index is 504. The summed E-state index contributed by atoms with van der Waals surface area (Å²) in [5.41, 5.74) is 0.718. The predicted molar refractivity (Wildman–Crippen MR) is 93.2 cm³/mol. The third-order valence-corrected chi connectivity index (χ3v) is 4.27. The molecule has 1 amide bonds. The Morgan fingerprint density at radius 3 is 2.79 bits per heavy atom. The third-order valence-electron chi connectivity index (χ3n) is 4.27. The maximum Gasteiger partial charge on any atom is 0.221 e. The topological polar surface area (TPSA) is 82.0 Å². The Morgan fingerprint density at radius 2 is 2.12 bits per heavy atom. The van der Waals surface area contributed by atoms with Crippen molar-refractivity contribution < 1.29 is 19.7 Å². The van der Waals surface area contributed by atoms with Crippen molar-refractivity contribution in [1.29, 1.82) is 0 Å². The van der Waals surface area contributed by atoms with Crippen LogP contribution in [-0.4, -0.2) is 59.5 Å². The lowest BCUT2D eigenvalue weighted by Gasteiger charge is -2.36. The lowest BCUT2D eigenvalue weighted by Crippen LogP contribution is -2.45. The number of likely N-dealkylation sites (tertiary alicyclic amines) is 1. The Hall–Kier alpha value is -1.63. The minimum atomic E-state index is -0.570. The number of ether oxygens (including phenoxy) is 1. The molecule has 6 heteroatoms. The van der Waals surface area contributed by atoms with Crippen molar-refractivity contribution in [3.63, 3.8) is 0 Å². The number of benzene rings is 1. The molecular weight excluding hydrogens is 308 g/mol. The number of carbonyl (C=O) groups is 1. The van der Waals surface area contributed by atoms with Gasteiger partial charge in [-0.15, -0.1) is 0 Å². The first kappa shape index (κ1) is 18.7. The maximum atomic E-state index is 11.0. The fraction of sp³-hybridized carbons (Fsp3) is 0.611. The lowest BCUT2D eigenvalue weighted by molar-refractivity contribution is -0.114. The number of piperidine rings is 1. The summed E-state index contributed by atoms with van der Waals surface area (Å²) in [7, 11) is 0. The van der Waals surface area contributed by atoms with Crippen molar-refractivity contribution in [2.24, 2.45) is 0 Å². The average molecular weight is 336 g/mol. The highest BCUT2D eigenvalue weighted by Crippen LogP contribution is 2.20. The highest BCUT2D eigenvalue weighted by Gasteiger charge is 2.24. The summed E-state index contributed by atoms with van der Waals surface area (Å²) in [5.74, 6) is 0.548. The maximum absolute atomic E-state index is 11.0. The fourth-order valence-corrected chi connectivity index (χ4v) is 3.13. The van der Waals surface area contributed by atoms with Crippen LogP contribution in [0.5, 0.6) is 5.75 Å². The Kier molecular flexibility index (Phi) is 7.49. The third kappa shape index (κ3) is 6.11. The van der Waals surface area contributed by atoms with Gasteiger partial charge in [-0.25, -0.2) is 0 Å². The van der Waals surface area contributed by atoms with Gasteiger partial charge in [0.2, 0.25) is 5.91 Å². The Labute approximate surface area is 143 Å². The molecule has 2 unspecified atom stereocenters. The van der Waals surface area contributed by atoms with Crippen LogP contribution < -0.4 is 10.1 Å². The molecule has 1 heterocycles. The summed E-state index contributed by atoms with van der Waals surface area (Å²) in [6.07, 6.45) is 3.60. The standard InChI is InChI=1S/C18H28N2O4/c1-14(22)19-15-5-7-18(8-6-15)24-13-17(23)12-20-10-3-2-4-16(20)9-11-21/h5-8,16-17,21,23H,2-4,9-13H2,1H3,(H,19,22). The number of hydrogen-bond donors (Lipinski definition) is 3. The van der Waals surface area contributed by atoms with Crippen LogP contribution in [0.1, 0.15) is 32.6 Å². The normalized spacial score (nSPS) is 19.7. The van der Waals surface area contributed by atoms with Gasteiger partial charge < -0.3 is 20.3 Å². The molecule has 0 aliphatic carbocycles. The van der Waals surface area contributed by atoms with Gasteiger partial charge in [-0.05, 0) is 50.1 Å². The van der Waals surface area contributed by atoms with Gasteiger partial charge in [-0.3, -0.25) is 9.69 Å². The molecule has 1 fully saturated rings. The Morgan fingerprint density at radius 1 is 1.38 bits per heavy atom. The first-order valence-electron chi connectivity index (χ1n) is 8.62. The summed E-state index contributed by atoms with van der Waals surface area (Å²) >= 11 is 0. The number of aliphatic hydroxyl groups excluding tert-OH is 2. The van der Waals surface area contributed by atoms with Crippen LogP contribution in [0.25, 0.3) is 0 Å². The van der Waals surface area contributed by atoms with Gasteiger partial charge >= 0.3 is 0 Å². The van der Waals surface area contributed by atoms with E-state index in [1.807, 2.05) is 0 Å². The van der Waals surface area contributed by atoms with Crippen LogP contribution >= 0.6 is 0 Å². The fourth-order valence-electron chi connectivity index (χ4n) is 3.13. The number of hydrogen-bond acceptors (Lipinski definition) is 5. The molecule has 0 aromatic heterocycles. The molecule has 0 bridgehead atoms. The second-order valence-electron chi connectivity index (χ2n) is 6.33. The van der Waals surface area contributed by atoms with E-state index in [1.165, 1.54) is 13.3 Å². The second-order valence-corrected chi connectivity index (χ2v) is 6.33. The van der Waals surface area contributed by atoms with E-state index in [4.69, 9.17) is 9.84 Å². The van der Waals surface area contributed by atoms with Gasteiger partial charge in [0, 0.05) is 31.8 Å². The van der Waals surface area contributed by atoms with Gasteiger partial charge in [-0.1, -0.05) is 6.42 Å². The zero-order chi connectivity index (χ0) is 17.4. The number of carbonyl (C=O) groups excluding carboxylic acids is 1. The molecule has 134 valence electrons. The average Bonchev–Trinajstić information content (AvgIpc) is 2.56. The summed E-state index contributed by atoms with van der Waals surface area (Å²) in [6, 6.07) is 7.44.